The van der Waals surface area contributed by atoms with E-state index in [1.165, 1.54) is 18.4 Å². The first-order valence-corrected chi connectivity index (χ1v) is 9.46. The fraction of sp³-hybridized carbons (Fsp3) is 0.450. The average molecular weight is 389 g/mol. The van der Waals surface area contributed by atoms with Crippen LogP contribution < -0.4 is 5.32 Å². The number of rotatable bonds is 6. The molecule has 28 heavy (non-hydrogen) atoms. The highest BCUT2D eigenvalue weighted by molar-refractivity contribution is 5.76. The molecule has 1 aromatic carbocycles. The van der Waals surface area contributed by atoms with Crippen molar-refractivity contribution in [3.8, 4) is 11.5 Å². The van der Waals surface area contributed by atoms with Crippen molar-refractivity contribution < 1.29 is 23.1 Å². The lowest BCUT2D eigenvalue weighted by molar-refractivity contribution is -0.149. The van der Waals surface area contributed by atoms with E-state index in [1.54, 1.807) is 24.0 Å². The average Bonchev–Trinajstić information content (AvgIpc) is 3.17. The first-order chi connectivity index (χ1) is 13.6. The van der Waals surface area contributed by atoms with E-state index in [1.807, 2.05) is 0 Å². The van der Waals surface area contributed by atoms with E-state index < -0.39 is 0 Å². The Morgan fingerprint density at radius 1 is 1.29 bits per heavy atom. The fourth-order valence-electron chi connectivity index (χ4n) is 3.13. The highest BCUT2D eigenvalue weighted by atomic mass is 19.1. The molecule has 2 heterocycles. The summed E-state index contributed by atoms with van der Waals surface area (Å²) < 4.78 is 23.4. The van der Waals surface area contributed by atoms with E-state index in [0.717, 1.165) is 0 Å². The Labute approximate surface area is 162 Å². The second-order valence-corrected chi connectivity index (χ2v) is 6.65. The molecule has 150 valence electrons. The summed E-state index contributed by atoms with van der Waals surface area (Å²) in [4.78, 5) is 30.1. The van der Waals surface area contributed by atoms with Crippen molar-refractivity contribution in [1.82, 2.24) is 15.2 Å². The van der Waals surface area contributed by atoms with Crippen molar-refractivity contribution >= 4 is 12.0 Å². The van der Waals surface area contributed by atoms with E-state index in [2.05, 4.69) is 10.3 Å². The minimum atomic E-state index is -0.315. The van der Waals surface area contributed by atoms with Crippen molar-refractivity contribution in [2.24, 2.45) is 5.92 Å². The Morgan fingerprint density at radius 3 is 2.68 bits per heavy atom. The van der Waals surface area contributed by atoms with Gasteiger partial charge in [0.25, 0.3) is 0 Å². The number of likely N-dealkylation sites (tertiary alicyclic amines) is 1. The van der Waals surface area contributed by atoms with Gasteiger partial charge < -0.3 is 19.4 Å². The predicted octanol–water partition coefficient (Wildman–Crippen LogP) is 3.01. The maximum absolute atomic E-state index is 13.0. The van der Waals surface area contributed by atoms with Gasteiger partial charge in [-0.15, -0.1) is 0 Å². The number of hydrogen-bond acceptors (Lipinski definition) is 5. The number of amides is 2. The molecule has 0 aliphatic carbocycles. The van der Waals surface area contributed by atoms with Crippen LogP contribution in [0.4, 0.5) is 9.18 Å². The van der Waals surface area contributed by atoms with Crippen LogP contribution >= 0.6 is 0 Å². The molecule has 0 radical (unpaired) electrons. The summed E-state index contributed by atoms with van der Waals surface area (Å²) in [5, 5.41) is 2.87. The van der Waals surface area contributed by atoms with Crippen LogP contribution in [-0.2, 0) is 16.0 Å². The molecule has 0 unspecified atom stereocenters. The van der Waals surface area contributed by atoms with Crippen molar-refractivity contribution in [3.05, 3.63) is 42.0 Å². The summed E-state index contributed by atoms with van der Waals surface area (Å²) in [5.74, 6) is -0.193. The topological polar surface area (TPSA) is 84.7 Å². The number of carbonyl (C=O) groups excluding carboxylic acids is 2. The number of esters is 1. The smallest absolute Gasteiger partial charge is 0.317 e. The first-order valence-electron chi connectivity index (χ1n) is 9.46. The molecule has 0 spiro atoms. The third kappa shape index (κ3) is 5.09. The van der Waals surface area contributed by atoms with Crippen molar-refractivity contribution in [1.29, 1.82) is 0 Å². The minimum absolute atomic E-state index is 0.121. The lowest BCUT2D eigenvalue weighted by Gasteiger charge is -2.30. The van der Waals surface area contributed by atoms with Gasteiger partial charge in [0, 0.05) is 31.6 Å². The first kappa shape index (κ1) is 19.9. The standard InChI is InChI=1S/C20H24FN3O4/c1-2-27-19(25)15-8-11-24(12-9-15)20(26)22-10-7-17-13-28-18(23-17)14-3-5-16(21)6-4-14/h3-6,13,15H,2,7-12H2,1H3,(H,22,26). The van der Waals surface area contributed by atoms with Gasteiger partial charge in [-0.05, 0) is 44.0 Å². The second kappa shape index (κ2) is 9.34. The number of carbonyl (C=O) groups is 2. The number of halogens is 1. The second-order valence-electron chi connectivity index (χ2n) is 6.65. The maximum Gasteiger partial charge on any atom is 0.317 e. The summed E-state index contributed by atoms with van der Waals surface area (Å²) in [7, 11) is 0. The maximum atomic E-state index is 13.0. The summed E-state index contributed by atoms with van der Waals surface area (Å²) in [6.45, 7) is 3.66. The molecule has 3 rings (SSSR count). The summed E-state index contributed by atoms with van der Waals surface area (Å²) in [5.41, 5.74) is 1.40. The molecule has 2 amide bonds. The van der Waals surface area contributed by atoms with Gasteiger partial charge in [0.1, 0.15) is 12.1 Å². The molecule has 0 atom stereocenters. The Hall–Kier alpha value is -2.90. The summed E-state index contributed by atoms with van der Waals surface area (Å²) >= 11 is 0. The van der Waals surface area contributed by atoms with Crippen LogP contribution in [-0.4, -0.2) is 48.1 Å². The molecule has 1 fully saturated rings. The Balaban J connectivity index is 1.41. The van der Waals surface area contributed by atoms with Gasteiger partial charge >= 0.3 is 12.0 Å². The number of nitrogens with one attached hydrogen (secondary N) is 1. The van der Waals surface area contributed by atoms with Gasteiger partial charge in [-0.2, -0.15) is 0 Å². The quantitative estimate of drug-likeness (QED) is 0.768. The highest BCUT2D eigenvalue weighted by Crippen LogP contribution is 2.20. The zero-order valence-electron chi connectivity index (χ0n) is 15.8. The normalized spacial score (nSPS) is 14.7. The number of urea groups is 1. The third-order valence-corrected chi connectivity index (χ3v) is 4.70. The molecule has 0 saturated carbocycles. The largest absolute Gasteiger partial charge is 0.466 e. The number of piperidine rings is 1. The van der Waals surface area contributed by atoms with Crippen LogP contribution in [0.25, 0.3) is 11.5 Å². The Bertz CT molecular complexity index is 798. The van der Waals surface area contributed by atoms with E-state index in [-0.39, 0.29) is 23.7 Å². The molecule has 2 aromatic rings. The van der Waals surface area contributed by atoms with E-state index in [4.69, 9.17) is 9.15 Å². The van der Waals surface area contributed by atoms with Crippen molar-refractivity contribution in [3.63, 3.8) is 0 Å². The van der Waals surface area contributed by atoms with Crippen molar-refractivity contribution in [2.75, 3.05) is 26.2 Å². The zero-order chi connectivity index (χ0) is 19.9. The number of benzene rings is 1. The zero-order valence-corrected chi connectivity index (χ0v) is 15.8. The molecule has 1 saturated heterocycles. The molecule has 1 aliphatic heterocycles. The Kier molecular flexibility index (Phi) is 6.62. The van der Waals surface area contributed by atoms with Crippen LogP contribution in [0.5, 0.6) is 0 Å². The summed E-state index contributed by atoms with van der Waals surface area (Å²) in [6, 6.07) is 5.76. The summed E-state index contributed by atoms with van der Waals surface area (Å²) in [6.07, 6.45) is 3.30. The molecule has 0 bridgehead atoms. The lowest BCUT2D eigenvalue weighted by atomic mass is 9.97. The molecular weight excluding hydrogens is 365 g/mol. The third-order valence-electron chi connectivity index (χ3n) is 4.70. The Morgan fingerprint density at radius 2 is 2.00 bits per heavy atom. The number of ether oxygens (including phenoxy) is 1. The van der Waals surface area contributed by atoms with Gasteiger partial charge in [0.2, 0.25) is 5.89 Å². The lowest BCUT2D eigenvalue weighted by Crippen LogP contribution is -2.46. The monoisotopic (exact) mass is 389 g/mol. The van der Waals surface area contributed by atoms with Crippen LogP contribution in [0.2, 0.25) is 0 Å². The van der Waals surface area contributed by atoms with Crippen LogP contribution in [0, 0.1) is 11.7 Å². The van der Waals surface area contributed by atoms with E-state index in [0.29, 0.717) is 62.7 Å². The molecule has 1 aliphatic rings. The van der Waals surface area contributed by atoms with E-state index >= 15 is 0 Å². The fourth-order valence-corrected chi connectivity index (χ4v) is 3.13. The minimum Gasteiger partial charge on any atom is -0.466 e. The molecule has 1 aromatic heterocycles. The van der Waals surface area contributed by atoms with Gasteiger partial charge in [0.05, 0.1) is 18.2 Å². The van der Waals surface area contributed by atoms with Gasteiger partial charge in [-0.3, -0.25) is 4.79 Å². The molecular formula is C20H24FN3O4. The highest BCUT2D eigenvalue weighted by Gasteiger charge is 2.28. The van der Waals surface area contributed by atoms with Crippen molar-refractivity contribution in [2.45, 2.75) is 26.2 Å². The molecule has 8 heteroatoms. The van der Waals surface area contributed by atoms with Crippen LogP contribution in [0.1, 0.15) is 25.5 Å². The predicted molar refractivity (Wildman–Crippen MR) is 99.9 cm³/mol. The molecule has 1 N–H and O–H groups in total. The van der Waals surface area contributed by atoms with Crippen LogP contribution in [0.3, 0.4) is 0 Å². The number of nitrogens with zero attached hydrogens (tertiary/aromatic N) is 2. The van der Waals surface area contributed by atoms with Gasteiger partial charge in [0.15, 0.2) is 0 Å². The number of aromatic nitrogens is 1. The van der Waals surface area contributed by atoms with Gasteiger partial charge in [-0.1, -0.05) is 0 Å². The number of oxazole rings is 1. The SMILES string of the molecule is CCOC(=O)C1CCN(C(=O)NCCc2coc(-c3ccc(F)cc3)n2)CC1. The molecule has 7 nitrogen and oxygen atoms in total. The van der Waals surface area contributed by atoms with Gasteiger partial charge in [-0.25, -0.2) is 14.2 Å². The van der Waals surface area contributed by atoms with E-state index in [9.17, 15) is 14.0 Å². The number of hydrogen-bond donors (Lipinski definition) is 1. The van der Waals surface area contributed by atoms with Crippen LogP contribution in [0.15, 0.2) is 34.9 Å².